The number of ether oxygens (including phenoxy) is 2. The third-order valence-electron chi connectivity index (χ3n) is 4.63. The summed E-state index contributed by atoms with van der Waals surface area (Å²) >= 11 is 6.14. The number of amides is 1. The number of benzene rings is 1. The number of anilines is 1. The predicted octanol–water partition coefficient (Wildman–Crippen LogP) is 3.60. The van der Waals surface area contributed by atoms with Crippen LogP contribution in [0.3, 0.4) is 0 Å². The first-order chi connectivity index (χ1) is 11.0. The van der Waals surface area contributed by atoms with Gasteiger partial charge in [-0.15, -0.1) is 0 Å². The molecule has 0 radical (unpaired) electrons. The number of halogens is 1. The maximum absolute atomic E-state index is 12.5. The molecule has 0 aromatic heterocycles. The summed E-state index contributed by atoms with van der Waals surface area (Å²) < 4.78 is 10.5. The van der Waals surface area contributed by atoms with Crippen molar-refractivity contribution < 1.29 is 14.3 Å². The van der Waals surface area contributed by atoms with Crippen LogP contribution in [0.5, 0.6) is 11.5 Å². The standard InChI is InChI=1S/C17H25ClN2O3/c1-22-14-9-15(23-2)13(8-12(14)18)20-16(21)10-17(11-19)6-4-3-5-7-17/h8-9H,3-7,10-11,19H2,1-2H3,(H,20,21). The Balaban J connectivity index is 2.11. The molecule has 1 aliphatic carbocycles. The van der Waals surface area contributed by atoms with Gasteiger partial charge in [0, 0.05) is 12.5 Å². The molecular weight excluding hydrogens is 316 g/mol. The van der Waals surface area contributed by atoms with Crippen LogP contribution in [-0.2, 0) is 4.79 Å². The number of carbonyl (C=O) groups excluding carboxylic acids is 1. The van der Waals surface area contributed by atoms with E-state index in [4.69, 9.17) is 26.8 Å². The summed E-state index contributed by atoms with van der Waals surface area (Å²) in [6, 6.07) is 3.31. The van der Waals surface area contributed by atoms with Crippen LogP contribution in [0.4, 0.5) is 5.69 Å². The molecule has 23 heavy (non-hydrogen) atoms. The van der Waals surface area contributed by atoms with Gasteiger partial charge in [0.2, 0.25) is 5.91 Å². The molecule has 6 heteroatoms. The van der Waals surface area contributed by atoms with Crippen molar-refractivity contribution in [2.24, 2.45) is 11.1 Å². The summed E-state index contributed by atoms with van der Waals surface area (Å²) in [6.07, 6.45) is 5.96. The number of carbonyl (C=O) groups is 1. The van der Waals surface area contributed by atoms with Crippen molar-refractivity contribution in [3.63, 3.8) is 0 Å². The van der Waals surface area contributed by atoms with Gasteiger partial charge in [-0.25, -0.2) is 0 Å². The minimum absolute atomic E-state index is 0.0584. The zero-order valence-electron chi connectivity index (χ0n) is 13.8. The fraction of sp³-hybridized carbons (Fsp3) is 0.588. The third-order valence-corrected chi connectivity index (χ3v) is 4.93. The number of hydrogen-bond donors (Lipinski definition) is 2. The van der Waals surface area contributed by atoms with E-state index in [-0.39, 0.29) is 11.3 Å². The highest BCUT2D eigenvalue weighted by Crippen LogP contribution is 2.40. The van der Waals surface area contributed by atoms with Crippen LogP contribution >= 0.6 is 11.6 Å². The molecule has 1 aromatic carbocycles. The Morgan fingerprint density at radius 1 is 1.22 bits per heavy atom. The summed E-state index contributed by atoms with van der Waals surface area (Å²) in [4.78, 5) is 12.5. The minimum Gasteiger partial charge on any atom is -0.495 e. The molecule has 5 nitrogen and oxygen atoms in total. The maximum Gasteiger partial charge on any atom is 0.225 e. The zero-order chi connectivity index (χ0) is 16.9. The van der Waals surface area contributed by atoms with Crippen molar-refractivity contribution in [2.75, 3.05) is 26.1 Å². The van der Waals surface area contributed by atoms with E-state index >= 15 is 0 Å². The molecule has 0 unspecified atom stereocenters. The van der Waals surface area contributed by atoms with Gasteiger partial charge < -0.3 is 20.5 Å². The maximum atomic E-state index is 12.5. The van der Waals surface area contributed by atoms with Gasteiger partial charge in [0.25, 0.3) is 0 Å². The quantitative estimate of drug-likeness (QED) is 0.829. The third kappa shape index (κ3) is 4.30. The number of nitrogens with one attached hydrogen (secondary N) is 1. The highest BCUT2D eigenvalue weighted by molar-refractivity contribution is 6.32. The normalized spacial score (nSPS) is 16.7. The summed E-state index contributed by atoms with van der Waals surface area (Å²) in [5.41, 5.74) is 6.43. The molecule has 2 rings (SSSR count). The Bertz CT molecular complexity index is 557. The van der Waals surface area contributed by atoms with Gasteiger partial charge >= 0.3 is 0 Å². The Kier molecular flexibility index (Phi) is 6.13. The molecule has 0 saturated heterocycles. The van der Waals surface area contributed by atoms with Gasteiger partial charge in [-0.3, -0.25) is 4.79 Å². The molecule has 128 valence electrons. The predicted molar refractivity (Wildman–Crippen MR) is 92.4 cm³/mol. The fourth-order valence-electron chi connectivity index (χ4n) is 3.25. The molecular formula is C17H25ClN2O3. The molecule has 1 aliphatic rings. The summed E-state index contributed by atoms with van der Waals surface area (Å²) in [5.74, 6) is 0.967. The Morgan fingerprint density at radius 2 is 1.87 bits per heavy atom. The van der Waals surface area contributed by atoms with Crippen LogP contribution in [0.2, 0.25) is 5.02 Å². The van der Waals surface area contributed by atoms with E-state index in [1.165, 1.54) is 13.5 Å². The number of nitrogens with two attached hydrogens (primary N) is 1. The fourth-order valence-corrected chi connectivity index (χ4v) is 3.49. The van der Waals surface area contributed by atoms with Gasteiger partial charge in [0.15, 0.2) is 0 Å². The molecule has 1 fully saturated rings. The van der Waals surface area contributed by atoms with Crippen LogP contribution in [0.1, 0.15) is 38.5 Å². The first kappa shape index (κ1) is 17.9. The Hall–Kier alpha value is -1.46. The molecule has 0 aliphatic heterocycles. The lowest BCUT2D eigenvalue weighted by atomic mass is 9.71. The zero-order valence-corrected chi connectivity index (χ0v) is 14.5. The van der Waals surface area contributed by atoms with Crippen LogP contribution < -0.4 is 20.5 Å². The summed E-state index contributed by atoms with van der Waals surface area (Å²) in [7, 11) is 3.08. The minimum atomic E-state index is -0.0775. The van der Waals surface area contributed by atoms with Crippen molar-refractivity contribution in [3.8, 4) is 11.5 Å². The number of methoxy groups -OCH3 is 2. The summed E-state index contributed by atoms with van der Waals surface area (Å²) in [5, 5.41) is 3.33. The van der Waals surface area contributed by atoms with Crippen LogP contribution in [0.15, 0.2) is 12.1 Å². The molecule has 0 heterocycles. The molecule has 1 aromatic rings. The van der Waals surface area contributed by atoms with E-state index in [2.05, 4.69) is 5.32 Å². The molecule has 0 spiro atoms. The lowest BCUT2D eigenvalue weighted by molar-refractivity contribution is -0.118. The first-order valence-electron chi connectivity index (χ1n) is 7.95. The monoisotopic (exact) mass is 340 g/mol. The number of hydrogen-bond acceptors (Lipinski definition) is 4. The van der Waals surface area contributed by atoms with Crippen LogP contribution in [0.25, 0.3) is 0 Å². The van der Waals surface area contributed by atoms with Crippen LogP contribution in [-0.4, -0.2) is 26.7 Å². The molecule has 0 bridgehead atoms. The van der Waals surface area contributed by atoms with E-state index in [0.717, 1.165) is 25.7 Å². The van der Waals surface area contributed by atoms with Crippen LogP contribution in [0, 0.1) is 5.41 Å². The van der Waals surface area contributed by atoms with Crippen molar-refractivity contribution in [2.45, 2.75) is 38.5 Å². The van der Waals surface area contributed by atoms with Crippen molar-refractivity contribution in [1.29, 1.82) is 0 Å². The van der Waals surface area contributed by atoms with Crippen molar-refractivity contribution in [1.82, 2.24) is 0 Å². The summed E-state index contributed by atoms with van der Waals surface area (Å²) in [6.45, 7) is 0.543. The highest BCUT2D eigenvalue weighted by atomic mass is 35.5. The molecule has 1 saturated carbocycles. The van der Waals surface area contributed by atoms with Crippen molar-refractivity contribution in [3.05, 3.63) is 17.2 Å². The molecule has 0 atom stereocenters. The van der Waals surface area contributed by atoms with Crippen molar-refractivity contribution >= 4 is 23.2 Å². The van der Waals surface area contributed by atoms with Gasteiger partial charge in [-0.05, 0) is 30.9 Å². The highest BCUT2D eigenvalue weighted by Gasteiger charge is 2.33. The van der Waals surface area contributed by atoms with E-state index in [1.807, 2.05) is 0 Å². The lowest BCUT2D eigenvalue weighted by Crippen LogP contribution is -2.36. The van der Waals surface area contributed by atoms with Gasteiger partial charge in [-0.2, -0.15) is 0 Å². The average Bonchev–Trinajstić information content (AvgIpc) is 2.56. The van der Waals surface area contributed by atoms with Gasteiger partial charge in [-0.1, -0.05) is 30.9 Å². The molecule has 1 amide bonds. The van der Waals surface area contributed by atoms with Gasteiger partial charge in [0.05, 0.1) is 24.9 Å². The van der Waals surface area contributed by atoms with E-state index in [0.29, 0.717) is 35.2 Å². The SMILES string of the molecule is COc1cc(OC)c(NC(=O)CC2(CN)CCCCC2)cc1Cl. The second-order valence-electron chi connectivity index (χ2n) is 6.18. The average molecular weight is 341 g/mol. The Morgan fingerprint density at radius 3 is 2.43 bits per heavy atom. The number of rotatable bonds is 6. The topological polar surface area (TPSA) is 73.6 Å². The lowest BCUT2D eigenvalue weighted by Gasteiger charge is -2.35. The second kappa shape index (κ2) is 7.88. The largest absolute Gasteiger partial charge is 0.495 e. The van der Waals surface area contributed by atoms with E-state index in [9.17, 15) is 4.79 Å². The Labute approximate surface area is 142 Å². The second-order valence-corrected chi connectivity index (χ2v) is 6.58. The first-order valence-corrected chi connectivity index (χ1v) is 8.33. The van der Waals surface area contributed by atoms with E-state index in [1.54, 1.807) is 19.2 Å². The molecule has 3 N–H and O–H groups in total. The smallest absolute Gasteiger partial charge is 0.225 e. The van der Waals surface area contributed by atoms with E-state index < -0.39 is 0 Å². The van der Waals surface area contributed by atoms with Gasteiger partial charge in [0.1, 0.15) is 11.5 Å².